The number of urea groups is 1. The minimum Gasteiger partial charge on any atom is -0.350 e. The Bertz CT molecular complexity index is 413. The van der Waals surface area contributed by atoms with Crippen molar-refractivity contribution < 1.29 is 4.79 Å². The van der Waals surface area contributed by atoms with E-state index in [1.54, 1.807) is 12.1 Å². The summed E-state index contributed by atoms with van der Waals surface area (Å²) in [6, 6.07) is 6.84. The maximum absolute atomic E-state index is 10.9. The number of hydrazone groups is 1. The number of halogens is 1. The van der Waals surface area contributed by atoms with Gasteiger partial charge >= 0.3 is 6.03 Å². The fraction of sp³-hybridized carbons (Fsp3) is 0.200. The molecule has 5 heteroatoms. The molecule has 0 fully saturated rings. The highest BCUT2D eigenvalue weighted by Gasteiger charge is 2.18. The fourth-order valence-electron chi connectivity index (χ4n) is 1.46. The molecule has 0 saturated heterocycles. The topological polar surface area (TPSA) is 58.7 Å². The van der Waals surface area contributed by atoms with Crippen LogP contribution in [0.2, 0.25) is 5.02 Å². The van der Waals surface area contributed by atoms with Gasteiger partial charge in [0.2, 0.25) is 0 Å². The average molecular weight is 224 g/mol. The summed E-state index contributed by atoms with van der Waals surface area (Å²) in [6.07, 6.45) is 0.727. The van der Waals surface area contributed by atoms with E-state index >= 15 is 0 Å². The van der Waals surface area contributed by atoms with Gasteiger partial charge in [-0.3, -0.25) is 0 Å². The van der Waals surface area contributed by atoms with Gasteiger partial charge in [-0.15, -0.1) is 0 Å². The molecule has 1 heterocycles. The molecule has 4 nitrogen and oxygen atoms in total. The molecule has 1 aromatic rings. The number of hydrogen-bond donors (Lipinski definition) is 1. The Morgan fingerprint density at radius 2 is 2.07 bits per heavy atom. The molecule has 15 heavy (non-hydrogen) atoms. The van der Waals surface area contributed by atoms with Crippen molar-refractivity contribution in [1.29, 1.82) is 0 Å². The first-order valence-corrected chi connectivity index (χ1v) is 4.95. The van der Waals surface area contributed by atoms with Gasteiger partial charge in [-0.1, -0.05) is 23.7 Å². The van der Waals surface area contributed by atoms with E-state index < -0.39 is 6.03 Å². The molecule has 1 aromatic carbocycles. The standard InChI is InChI=1S/C10H10ClN3O/c11-8-3-1-7(2-4-8)9-5-6-14(13-9)10(12)15/h1-4H,5-6H2,(H2,12,15). The molecule has 1 aliphatic heterocycles. The Balaban J connectivity index is 2.22. The molecule has 2 N–H and O–H groups in total. The van der Waals surface area contributed by atoms with Crippen molar-refractivity contribution in [3.8, 4) is 0 Å². The van der Waals surface area contributed by atoms with Gasteiger partial charge in [-0.25, -0.2) is 9.80 Å². The third-order valence-corrected chi connectivity index (χ3v) is 2.49. The molecule has 2 amide bonds. The summed E-state index contributed by atoms with van der Waals surface area (Å²) in [5.41, 5.74) is 6.96. The monoisotopic (exact) mass is 223 g/mol. The van der Waals surface area contributed by atoms with E-state index in [1.807, 2.05) is 12.1 Å². The average Bonchev–Trinajstić information content (AvgIpc) is 2.68. The number of nitrogens with two attached hydrogens (primary N) is 1. The van der Waals surface area contributed by atoms with Crippen LogP contribution in [0, 0.1) is 0 Å². The lowest BCUT2D eigenvalue weighted by molar-refractivity contribution is 0.215. The second kappa shape index (κ2) is 3.90. The van der Waals surface area contributed by atoms with Crippen molar-refractivity contribution in [3.05, 3.63) is 34.9 Å². The first-order valence-electron chi connectivity index (χ1n) is 4.57. The van der Waals surface area contributed by atoms with Crippen LogP contribution in [-0.2, 0) is 0 Å². The third-order valence-electron chi connectivity index (χ3n) is 2.23. The van der Waals surface area contributed by atoms with Gasteiger partial charge in [0.25, 0.3) is 0 Å². The Kier molecular flexibility index (Phi) is 2.60. The van der Waals surface area contributed by atoms with Crippen molar-refractivity contribution >= 4 is 23.3 Å². The highest BCUT2D eigenvalue weighted by atomic mass is 35.5. The van der Waals surface area contributed by atoms with Crippen LogP contribution in [0.5, 0.6) is 0 Å². The Hall–Kier alpha value is -1.55. The quantitative estimate of drug-likeness (QED) is 0.776. The molecule has 0 atom stereocenters. The molecule has 78 valence electrons. The lowest BCUT2D eigenvalue weighted by atomic mass is 10.1. The van der Waals surface area contributed by atoms with Gasteiger partial charge in [-0.05, 0) is 17.7 Å². The number of rotatable bonds is 1. The van der Waals surface area contributed by atoms with Gasteiger partial charge in [0.1, 0.15) is 0 Å². The van der Waals surface area contributed by atoms with Crippen LogP contribution < -0.4 is 5.73 Å². The van der Waals surface area contributed by atoms with Crippen molar-refractivity contribution in [3.63, 3.8) is 0 Å². The molecule has 0 saturated carbocycles. The molecule has 2 rings (SSSR count). The molecule has 1 aliphatic rings. The summed E-state index contributed by atoms with van der Waals surface area (Å²) in [7, 11) is 0. The highest BCUT2D eigenvalue weighted by molar-refractivity contribution is 6.30. The number of primary amides is 1. The molecule has 0 aliphatic carbocycles. The minimum atomic E-state index is -0.515. The predicted molar refractivity (Wildman–Crippen MR) is 58.9 cm³/mol. The van der Waals surface area contributed by atoms with Crippen LogP contribution >= 0.6 is 11.6 Å². The molecule has 0 radical (unpaired) electrons. The lowest BCUT2D eigenvalue weighted by Crippen LogP contribution is -2.29. The summed E-state index contributed by atoms with van der Waals surface area (Å²) in [4.78, 5) is 10.9. The number of amides is 2. The second-order valence-corrected chi connectivity index (χ2v) is 3.70. The maximum atomic E-state index is 10.9. The number of hydrogen-bond acceptors (Lipinski definition) is 2. The van der Waals surface area contributed by atoms with Gasteiger partial charge in [0, 0.05) is 11.4 Å². The molecular formula is C10H10ClN3O. The summed E-state index contributed by atoms with van der Waals surface area (Å²) in [6.45, 7) is 0.549. The minimum absolute atomic E-state index is 0.515. The van der Waals surface area contributed by atoms with E-state index in [1.165, 1.54) is 5.01 Å². The highest BCUT2D eigenvalue weighted by Crippen LogP contribution is 2.16. The number of carbonyl (C=O) groups is 1. The second-order valence-electron chi connectivity index (χ2n) is 3.26. The van der Waals surface area contributed by atoms with E-state index in [-0.39, 0.29) is 0 Å². The zero-order valence-corrected chi connectivity index (χ0v) is 8.74. The summed E-state index contributed by atoms with van der Waals surface area (Å²) in [5.74, 6) is 0. The summed E-state index contributed by atoms with van der Waals surface area (Å²) < 4.78 is 0. The predicted octanol–water partition coefficient (Wildman–Crippen LogP) is 1.83. The lowest BCUT2D eigenvalue weighted by Gasteiger charge is -2.05. The zero-order chi connectivity index (χ0) is 10.8. The largest absolute Gasteiger partial charge is 0.350 e. The van der Waals surface area contributed by atoms with Crippen LogP contribution in [0.25, 0.3) is 0 Å². The summed E-state index contributed by atoms with van der Waals surface area (Å²) >= 11 is 5.77. The van der Waals surface area contributed by atoms with Crippen LogP contribution in [0.15, 0.2) is 29.4 Å². The van der Waals surface area contributed by atoms with E-state index in [0.717, 1.165) is 17.7 Å². The molecule has 0 bridgehead atoms. The van der Waals surface area contributed by atoms with E-state index in [9.17, 15) is 4.79 Å². The van der Waals surface area contributed by atoms with Crippen molar-refractivity contribution in [2.45, 2.75) is 6.42 Å². The first kappa shape index (κ1) is 9.98. The SMILES string of the molecule is NC(=O)N1CCC(c2ccc(Cl)cc2)=N1. The smallest absolute Gasteiger partial charge is 0.335 e. The third kappa shape index (κ3) is 2.10. The molecule has 0 spiro atoms. The van der Waals surface area contributed by atoms with E-state index in [2.05, 4.69) is 5.10 Å². The normalized spacial score (nSPS) is 15.3. The number of benzene rings is 1. The van der Waals surface area contributed by atoms with Crippen molar-refractivity contribution in [1.82, 2.24) is 5.01 Å². The van der Waals surface area contributed by atoms with Crippen molar-refractivity contribution in [2.75, 3.05) is 6.54 Å². The van der Waals surface area contributed by atoms with Gasteiger partial charge < -0.3 is 5.73 Å². The summed E-state index contributed by atoms with van der Waals surface area (Å²) in [5, 5.41) is 6.07. The van der Waals surface area contributed by atoms with Gasteiger partial charge in [0.15, 0.2) is 0 Å². The zero-order valence-electron chi connectivity index (χ0n) is 7.98. The van der Waals surface area contributed by atoms with E-state index in [0.29, 0.717) is 11.6 Å². The number of carbonyl (C=O) groups excluding carboxylic acids is 1. The fourth-order valence-corrected chi connectivity index (χ4v) is 1.59. The molecule has 0 unspecified atom stereocenters. The molecular weight excluding hydrogens is 214 g/mol. The van der Waals surface area contributed by atoms with Crippen LogP contribution in [0.4, 0.5) is 4.79 Å². The number of nitrogens with zero attached hydrogens (tertiary/aromatic N) is 2. The maximum Gasteiger partial charge on any atom is 0.335 e. The Morgan fingerprint density at radius 1 is 1.40 bits per heavy atom. The van der Waals surface area contributed by atoms with Crippen LogP contribution in [-0.4, -0.2) is 23.3 Å². The molecule has 0 aromatic heterocycles. The van der Waals surface area contributed by atoms with E-state index in [4.69, 9.17) is 17.3 Å². The van der Waals surface area contributed by atoms with Gasteiger partial charge in [0.05, 0.1) is 12.3 Å². The van der Waals surface area contributed by atoms with Crippen LogP contribution in [0.1, 0.15) is 12.0 Å². The Labute approximate surface area is 92.3 Å². The first-order chi connectivity index (χ1) is 7.16. The van der Waals surface area contributed by atoms with Crippen molar-refractivity contribution in [2.24, 2.45) is 10.8 Å². The van der Waals surface area contributed by atoms with Crippen LogP contribution in [0.3, 0.4) is 0 Å². The van der Waals surface area contributed by atoms with Gasteiger partial charge in [-0.2, -0.15) is 5.10 Å². The Morgan fingerprint density at radius 3 is 2.60 bits per heavy atom.